The van der Waals surface area contributed by atoms with E-state index in [0.717, 1.165) is 29.7 Å². The number of benzene rings is 1. The highest BCUT2D eigenvalue weighted by atomic mass is 16.5. The molecular formula is C34H50O7. The van der Waals surface area contributed by atoms with Crippen LogP contribution in [0.15, 0.2) is 48.3 Å². The molecule has 7 heteroatoms. The van der Waals surface area contributed by atoms with Gasteiger partial charge in [0, 0.05) is 32.0 Å². The Morgan fingerprint density at radius 2 is 1.80 bits per heavy atom. The third-order valence-corrected chi connectivity index (χ3v) is 7.31. The van der Waals surface area contributed by atoms with Gasteiger partial charge in [0.05, 0.1) is 24.4 Å². The van der Waals surface area contributed by atoms with Gasteiger partial charge in [-0.1, -0.05) is 66.7 Å². The zero-order valence-electron chi connectivity index (χ0n) is 25.9. The largest absolute Gasteiger partial charge is 0.493 e. The molecule has 7 nitrogen and oxygen atoms in total. The summed E-state index contributed by atoms with van der Waals surface area (Å²) in [5.41, 5.74) is 2.56. The van der Waals surface area contributed by atoms with Crippen molar-refractivity contribution in [1.82, 2.24) is 0 Å². The van der Waals surface area contributed by atoms with E-state index in [1.165, 1.54) is 0 Å². The van der Waals surface area contributed by atoms with Crippen LogP contribution in [0.1, 0.15) is 78.9 Å². The lowest BCUT2D eigenvalue weighted by Crippen LogP contribution is -2.34. The maximum atomic E-state index is 13.0. The maximum absolute atomic E-state index is 13.0. The molecule has 228 valence electrons. The first-order valence-corrected chi connectivity index (χ1v) is 14.9. The molecule has 0 aromatic heterocycles. The van der Waals surface area contributed by atoms with Gasteiger partial charge in [0.15, 0.2) is 0 Å². The third kappa shape index (κ3) is 10.0. The first-order valence-electron chi connectivity index (χ1n) is 14.9. The lowest BCUT2D eigenvalue weighted by molar-refractivity contribution is -0.141. The first-order chi connectivity index (χ1) is 19.3. The molecule has 0 bridgehead atoms. The smallest absolute Gasteiger partial charge is 0.339 e. The highest BCUT2D eigenvalue weighted by Crippen LogP contribution is 2.35. The quantitative estimate of drug-likeness (QED) is 0.209. The number of hydrogen-bond donors (Lipinski definition) is 2. The maximum Gasteiger partial charge on any atom is 0.339 e. The van der Waals surface area contributed by atoms with E-state index in [0.29, 0.717) is 37.4 Å². The molecule has 1 aliphatic carbocycles. The molecule has 2 N–H and O–H groups in total. The van der Waals surface area contributed by atoms with E-state index in [1.807, 2.05) is 43.4 Å². The fourth-order valence-corrected chi connectivity index (χ4v) is 4.91. The summed E-state index contributed by atoms with van der Waals surface area (Å²) in [5, 5.41) is 19.5. The Morgan fingerprint density at radius 1 is 1.05 bits per heavy atom. The summed E-state index contributed by atoms with van der Waals surface area (Å²) in [5.74, 6) is 0.823. The summed E-state index contributed by atoms with van der Waals surface area (Å²) in [6.07, 6.45) is 9.31. The van der Waals surface area contributed by atoms with Crippen molar-refractivity contribution in [2.45, 2.75) is 92.5 Å². The van der Waals surface area contributed by atoms with Gasteiger partial charge in [0.2, 0.25) is 0 Å². The van der Waals surface area contributed by atoms with Gasteiger partial charge in [-0.05, 0) is 59.1 Å². The van der Waals surface area contributed by atoms with Gasteiger partial charge in [0.25, 0.3) is 0 Å². The highest BCUT2D eigenvalue weighted by Gasteiger charge is 2.33. The molecule has 2 aliphatic rings. The molecule has 0 saturated heterocycles. The van der Waals surface area contributed by atoms with Gasteiger partial charge in [-0.2, -0.15) is 0 Å². The molecule has 1 aliphatic heterocycles. The number of carbonyl (C=O) groups is 1. The Morgan fingerprint density at radius 3 is 2.46 bits per heavy atom. The van der Waals surface area contributed by atoms with Crippen molar-refractivity contribution in [3.63, 3.8) is 0 Å². The fraction of sp³-hybridized carbons (Fsp3) is 0.618. The van der Waals surface area contributed by atoms with Crippen molar-refractivity contribution in [2.75, 3.05) is 26.4 Å². The van der Waals surface area contributed by atoms with E-state index in [4.69, 9.17) is 24.1 Å². The second-order valence-corrected chi connectivity index (χ2v) is 13.3. The Balaban J connectivity index is 1.55. The third-order valence-electron chi connectivity index (χ3n) is 7.31. The molecule has 0 amide bonds. The highest BCUT2D eigenvalue weighted by molar-refractivity contribution is 6.17. The number of ether oxygens (including phenoxy) is 4. The Kier molecular flexibility index (Phi) is 11.7. The van der Waals surface area contributed by atoms with Crippen LogP contribution in [0.5, 0.6) is 5.75 Å². The topological polar surface area (TPSA) is 94.5 Å². The molecule has 4 atom stereocenters. The van der Waals surface area contributed by atoms with E-state index in [9.17, 15) is 9.90 Å². The van der Waals surface area contributed by atoms with Crippen LogP contribution in [0.25, 0.3) is 5.57 Å². The zero-order chi connectivity index (χ0) is 30.2. The van der Waals surface area contributed by atoms with Gasteiger partial charge in [-0.3, -0.25) is 0 Å². The number of esters is 1. The Labute approximate surface area is 246 Å². The van der Waals surface area contributed by atoms with Crippen LogP contribution in [0.4, 0.5) is 0 Å². The molecule has 1 aromatic rings. The zero-order valence-corrected chi connectivity index (χ0v) is 25.9. The summed E-state index contributed by atoms with van der Waals surface area (Å²) >= 11 is 0. The van der Waals surface area contributed by atoms with E-state index in [-0.39, 0.29) is 42.0 Å². The molecule has 0 spiro atoms. The number of carbonyl (C=O) groups excluding carboxylic acids is 1. The van der Waals surface area contributed by atoms with E-state index in [1.54, 1.807) is 6.08 Å². The summed E-state index contributed by atoms with van der Waals surface area (Å²) in [6, 6.07) is 5.69. The minimum Gasteiger partial charge on any atom is -0.493 e. The van der Waals surface area contributed by atoms with Crippen molar-refractivity contribution in [1.29, 1.82) is 0 Å². The van der Waals surface area contributed by atoms with Crippen LogP contribution in [0, 0.1) is 16.7 Å². The predicted molar refractivity (Wildman–Crippen MR) is 161 cm³/mol. The molecule has 0 fully saturated rings. The van der Waals surface area contributed by atoms with Crippen molar-refractivity contribution in [3.05, 3.63) is 59.4 Å². The Hall–Kier alpha value is -2.61. The molecule has 1 aromatic carbocycles. The van der Waals surface area contributed by atoms with Gasteiger partial charge >= 0.3 is 5.97 Å². The van der Waals surface area contributed by atoms with Crippen LogP contribution < -0.4 is 4.74 Å². The number of fused-ring (bicyclic) bond motifs is 1. The van der Waals surface area contributed by atoms with Gasteiger partial charge < -0.3 is 29.2 Å². The SMILES string of the molecule is CCc1cc(OCCCO)ccc1C1=CC2C=CC(OCC(O)CCOC(CC(C)(C)C)C(C)(C)C)=CC2OC1=O. The normalized spacial score (nSPS) is 20.5. The van der Waals surface area contributed by atoms with Crippen LogP contribution in [0.3, 0.4) is 0 Å². The van der Waals surface area contributed by atoms with Crippen LogP contribution >= 0.6 is 0 Å². The number of aliphatic hydroxyl groups excluding tert-OH is 2. The molecule has 41 heavy (non-hydrogen) atoms. The van der Waals surface area contributed by atoms with Crippen LogP contribution in [-0.2, 0) is 25.4 Å². The van der Waals surface area contributed by atoms with Crippen molar-refractivity contribution >= 4 is 11.5 Å². The number of aliphatic hydroxyl groups is 2. The molecule has 0 saturated carbocycles. The number of hydrogen-bond acceptors (Lipinski definition) is 7. The molecule has 4 unspecified atom stereocenters. The van der Waals surface area contributed by atoms with Gasteiger partial charge in [0.1, 0.15) is 24.2 Å². The average Bonchev–Trinajstić information content (AvgIpc) is 2.90. The standard InChI is InChI=1S/C34H50O7/c1-8-23-18-26(38-16-9-15-35)12-13-28(23)29-19-24-10-11-27(20-30(24)41-32(29)37)40-22-25(36)14-17-39-31(34(5,6)7)21-33(2,3)4/h10-13,18-20,24-25,30-31,35-36H,8-9,14-17,21-22H2,1-7H3. The fourth-order valence-electron chi connectivity index (χ4n) is 4.91. The second kappa shape index (κ2) is 14.5. The van der Waals surface area contributed by atoms with Crippen LogP contribution in [-0.4, -0.2) is 60.9 Å². The van der Waals surface area contributed by atoms with Crippen molar-refractivity contribution in [2.24, 2.45) is 16.7 Å². The van der Waals surface area contributed by atoms with E-state index < -0.39 is 12.2 Å². The summed E-state index contributed by atoms with van der Waals surface area (Å²) in [7, 11) is 0. The lowest BCUT2D eigenvalue weighted by Gasteiger charge is -2.35. The molecule has 3 rings (SSSR count). The molecular weight excluding hydrogens is 520 g/mol. The molecule has 1 heterocycles. The van der Waals surface area contributed by atoms with Crippen molar-refractivity contribution < 1.29 is 34.0 Å². The lowest BCUT2D eigenvalue weighted by atomic mass is 9.78. The monoisotopic (exact) mass is 570 g/mol. The molecule has 0 radical (unpaired) electrons. The number of allylic oxidation sites excluding steroid dienone is 1. The second-order valence-electron chi connectivity index (χ2n) is 13.3. The van der Waals surface area contributed by atoms with Crippen LogP contribution in [0.2, 0.25) is 0 Å². The minimum absolute atomic E-state index is 0.0192. The predicted octanol–water partition coefficient (Wildman–Crippen LogP) is 6.02. The number of aryl methyl sites for hydroxylation is 1. The number of rotatable bonds is 14. The summed E-state index contributed by atoms with van der Waals surface area (Å²) in [4.78, 5) is 13.0. The summed E-state index contributed by atoms with van der Waals surface area (Å²) in [6.45, 7) is 16.4. The first kappa shape index (κ1) is 32.9. The minimum atomic E-state index is -0.666. The van der Waals surface area contributed by atoms with Gasteiger partial charge in [-0.25, -0.2) is 4.79 Å². The van der Waals surface area contributed by atoms with Crippen molar-refractivity contribution in [3.8, 4) is 5.75 Å². The van der Waals surface area contributed by atoms with Gasteiger partial charge in [-0.15, -0.1) is 0 Å². The average molecular weight is 571 g/mol. The summed E-state index contributed by atoms with van der Waals surface area (Å²) < 4.78 is 23.6. The van der Waals surface area contributed by atoms with E-state index in [2.05, 4.69) is 41.5 Å². The Bertz CT molecular complexity index is 1100. The van der Waals surface area contributed by atoms with E-state index >= 15 is 0 Å².